The van der Waals surface area contributed by atoms with Crippen LogP contribution in [0.1, 0.15) is 11.5 Å². The highest BCUT2D eigenvalue weighted by Gasteiger charge is 2.62. The smallest absolute Gasteiger partial charge is 0.345 e. The number of halogens is 3. The summed E-state index contributed by atoms with van der Waals surface area (Å²) in [4.78, 5) is 0. The topological polar surface area (TPSA) is 42.2 Å². The molecule has 0 N–H and O–H groups in total. The molecule has 18 heavy (non-hydrogen) atoms. The Bertz CT molecular complexity index is 421. The molecule has 6 heteroatoms. The molecule has 3 nitrogen and oxygen atoms in total. The first-order chi connectivity index (χ1) is 8.43. The fourth-order valence-corrected chi connectivity index (χ4v) is 1.74. The van der Waals surface area contributed by atoms with Gasteiger partial charge in [-0.15, -0.1) is 0 Å². The standard InChI is InChI=1S/C12H12F3NO2/c1-17-11(18-2,12(13,14)15)10(8-16)9-6-4-3-5-7-9/h3-7,10H,1-2H3/t10-/m1/s1. The normalized spacial score (nSPS) is 14.0. The molecular weight excluding hydrogens is 247 g/mol. The van der Waals surface area contributed by atoms with Crippen molar-refractivity contribution in [2.75, 3.05) is 14.2 Å². The van der Waals surface area contributed by atoms with Crippen molar-refractivity contribution in [3.63, 3.8) is 0 Å². The van der Waals surface area contributed by atoms with Crippen molar-refractivity contribution < 1.29 is 22.6 Å². The van der Waals surface area contributed by atoms with Crippen molar-refractivity contribution in [3.05, 3.63) is 35.9 Å². The number of nitrogens with zero attached hydrogens (tertiary/aromatic N) is 1. The molecule has 0 saturated heterocycles. The van der Waals surface area contributed by atoms with E-state index in [0.717, 1.165) is 14.2 Å². The fraction of sp³-hybridized carbons (Fsp3) is 0.417. The molecule has 1 rings (SSSR count). The summed E-state index contributed by atoms with van der Waals surface area (Å²) >= 11 is 0. The minimum Gasteiger partial charge on any atom is -0.345 e. The minimum absolute atomic E-state index is 0.182. The highest BCUT2D eigenvalue weighted by atomic mass is 19.4. The van der Waals surface area contributed by atoms with Crippen LogP contribution in [0.15, 0.2) is 30.3 Å². The third kappa shape index (κ3) is 2.33. The quantitative estimate of drug-likeness (QED) is 0.781. The minimum atomic E-state index is -4.83. The number of methoxy groups -OCH3 is 2. The van der Waals surface area contributed by atoms with E-state index in [9.17, 15) is 13.2 Å². The number of benzene rings is 1. The number of ether oxygens (including phenoxy) is 2. The lowest BCUT2D eigenvalue weighted by Gasteiger charge is -2.36. The van der Waals surface area contributed by atoms with E-state index in [1.165, 1.54) is 12.1 Å². The van der Waals surface area contributed by atoms with Crippen LogP contribution in [-0.4, -0.2) is 26.2 Å². The Hall–Kier alpha value is -1.58. The maximum Gasteiger partial charge on any atom is 0.445 e. The van der Waals surface area contributed by atoms with Crippen LogP contribution in [0.2, 0.25) is 0 Å². The zero-order valence-corrected chi connectivity index (χ0v) is 9.86. The monoisotopic (exact) mass is 259 g/mol. The van der Waals surface area contributed by atoms with Gasteiger partial charge in [-0.25, -0.2) is 0 Å². The van der Waals surface area contributed by atoms with Gasteiger partial charge in [-0.2, -0.15) is 18.4 Å². The van der Waals surface area contributed by atoms with Crippen LogP contribution in [-0.2, 0) is 9.47 Å². The van der Waals surface area contributed by atoms with Gasteiger partial charge in [0.15, 0.2) is 0 Å². The maximum absolute atomic E-state index is 13.1. The number of hydrogen-bond donors (Lipinski definition) is 0. The first kappa shape index (κ1) is 14.5. The first-order valence-electron chi connectivity index (χ1n) is 5.04. The van der Waals surface area contributed by atoms with E-state index < -0.39 is 17.9 Å². The lowest BCUT2D eigenvalue weighted by molar-refractivity contribution is -0.370. The molecule has 1 aromatic rings. The van der Waals surface area contributed by atoms with Crippen LogP contribution >= 0.6 is 0 Å². The van der Waals surface area contributed by atoms with E-state index in [4.69, 9.17) is 5.26 Å². The summed E-state index contributed by atoms with van der Waals surface area (Å²) in [5.41, 5.74) is 0.182. The van der Waals surface area contributed by atoms with Gasteiger partial charge in [-0.05, 0) is 5.56 Å². The van der Waals surface area contributed by atoms with Gasteiger partial charge in [-0.1, -0.05) is 30.3 Å². The van der Waals surface area contributed by atoms with E-state index in [2.05, 4.69) is 9.47 Å². The number of hydrogen-bond acceptors (Lipinski definition) is 3. The SMILES string of the molecule is COC(OC)([C@H](C#N)c1ccccc1)C(F)(F)F. The molecule has 0 spiro atoms. The van der Waals surface area contributed by atoms with Gasteiger partial charge < -0.3 is 9.47 Å². The summed E-state index contributed by atoms with van der Waals surface area (Å²) in [6.45, 7) is 0. The van der Waals surface area contributed by atoms with E-state index in [-0.39, 0.29) is 5.56 Å². The Kier molecular flexibility index (Phi) is 4.33. The van der Waals surface area contributed by atoms with Crippen LogP contribution in [0.3, 0.4) is 0 Å². The van der Waals surface area contributed by atoms with Gasteiger partial charge in [0, 0.05) is 14.2 Å². The predicted molar refractivity (Wildman–Crippen MR) is 57.6 cm³/mol. The Morgan fingerprint density at radius 2 is 1.61 bits per heavy atom. The molecule has 1 atom stereocenters. The average molecular weight is 259 g/mol. The molecule has 0 radical (unpaired) electrons. The van der Waals surface area contributed by atoms with Crippen LogP contribution < -0.4 is 0 Å². The molecule has 0 aliphatic carbocycles. The number of alkyl halides is 3. The Morgan fingerprint density at radius 1 is 1.11 bits per heavy atom. The molecule has 0 heterocycles. The average Bonchev–Trinajstić information content (AvgIpc) is 2.35. The molecule has 1 aromatic carbocycles. The van der Waals surface area contributed by atoms with Crippen molar-refractivity contribution >= 4 is 0 Å². The van der Waals surface area contributed by atoms with Crippen LogP contribution in [0.4, 0.5) is 13.2 Å². The Morgan fingerprint density at radius 3 is 1.94 bits per heavy atom. The predicted octanol–water partition coefficient (Wildman–Crippen LogP) is 2.85. The van der Waals surface area contributed by atoms with Crippen LogP contribution in [0, 0.1) is 11.3 Å². The van der Waals surface area contributed by atoms with Gasteiger partial charge in [0.2, 0.25) is 0 Å². The van der Waals surface area contributed by atoms with E-state index >= 15 is 0 Å². The highest BCUT2D eigenvalue weighted by Crippen LogP contribution is 2.44. The number of rotatable bonds is 4. The van der Waals surface area contributed by atoms with Gasteiger partial charge >= 0.3 is 6.18 Å². The summed E-state index contributed by atoms with van der Waals surface area (Å²) in [6.07, 6.45) is -4.83. The summed E-state index contributed by atoms with van der Waals surface area (Å²) < 4.78 is 48.3. The Balaban J connectivity index is 3.32. The lowest BCUT2D eigenvalue weighted by Crippen LogP contribution is -2.53. The van der Waals surface area contributed by atoms with Crippen LogP contribution in [0.25, 0.3) is 0 Å². The van der Waals surface area contributed by atoms with E-state index in [1.807, 2.05) is 0 Å². The van der Waals surface area contributed by atoms with E-state index in [0.29, 0.717) is 0 Å². The first-order valence-corrected chi connectivity index (χ1v) is 5.04. The molecule has 98 valence electrons. The molecule has 0 amide bonds. The molecule has 0 bridgehead atoms. The van der Waals surface area contributed by atoms with E-state index in [1.54, 1.807) is 24.3 Å². The summed E-state index contributed by atoms with van der Waals surface area (Å²) in [5, 5.41) is 9.03. The second-order valence-electron chi connectivity index (χ2n) is 3.55. The molecule has 0 aromatic heterocycles. The van der Waals surface area contributed by atoms with Crippen molar-refractivity contribution in [1.82, 2.24) is 0 Å². The van der Waals surface area contributed by atoms with Crippen molar-refractivity contribution in [3.8, 4) is 6.07 Å². The lowest BCUT2D eigenvalue weighted by atomic mass is 9.91. The van der Waals surface area contributed by atoms with Gasteiger partial charge in [0.1, 0.15) is 5.92 Å². The molecular formula is C12H12F3NO2. The summed E-state index contributed by atoms with van der Waals surface area (Å²) in [6, 6.07) is 9.18. The third-order valence-electron chi connectivity index (χ3n) is 2.64. The van der Waals surface area contributed by atoms with Gasteiger partial charge in [-0.3, -0.25) is 0 Å². The highest BCUT2D eigenvalue weighted by molar-refractivity contribution is 5.28. The molecule has 0 aliphatic heterocycles. The fourth-order valence-electron chi connectivity index (χ4n) is 1.74. The third-order valence-corrected chi connectivity index (χ3v) is 2.64. The van der Waals surface area contributed by atoms with Crippen molar-refractivity contribution in [2.45, 2.75) is 17.9 Å². The van der Waals surface area contributed by atoms with Gasteiger partial charge in [0.25, 0.3) is 5.79 Å². The number of nitriles is 1. The van der Waals surface area contributed by atoms with Crippen molar-refractivity contribution in [2.24, 2.45) is 0 Å². The largest absolute Gasteiger partial charge is 0.445 e. The zero-order valence-electron chi connectivity index (χ0n) is 9.86. The summed E-state index contributed by atoms with van der Waals surface area (Å²) in [5.74, 6) is -4.57. The maximum atomic E-state index is 13.1. The second-order valence-corrected chi connectivity index (χ2v) is 3.55. The Labute approximate surface area is 103 Å². The van der Waals surface area contributed by atoms with Crippen LogP contribution in [0.5, 0.6) is 0 Å². The molecule has 0 saturated carbocycles. The van der Waals surface area contributed by atoms with Crippen molar-refractivity contribution in [1.29, 1.82) is 5.26 Å². The summed E-state index contributed by atoms with van der Waals surface area (Å²) in [7, 11) is 1.73. The zero-order chi connectivity index (χ0) is 13.8. The van der Waals surface area contributed by atoms with Gasteiger partial charge in [0.05, 0.1) is 6.07 Å². The molecule has 0 fully saturated rings. The molecule has 0 unspecified atom stereocenters. The second kappa shape index (κ2) is 5.38. The molecule has 0 aliphatic rings.